The van der Waals surface area contributed by atoms with Crippen LogP contribution in [0.5, 0.6) is 0 Å². The zero-order chi connectivity index (χ0) is 9.68. The number of hydrogen-bond donors (Lipinski definition) is 2. The molecule has 0 aliphatic rings. The summed E-state index contributed by atoms with van der Waals surface area (Å²) in [7, 11) is 0. The van der Waals surface area contributed by atoms with E-state index in [0.29, 0.717) is 5.71 Å². The van der Waals surface area contributed by atoms with Crippen molar-refractivity contribution in [1.29, 1.82) is 0 Å². The van der Waals surface area contributed by atoms with Gasteiger partial charge in [0.1, 0.15) is 0 Å². The van der Waals surface area contributed by atoms with Gasteiger partial charge in [-0.1, -0.05) is 11.2 Å². The van der Waals surface area contributed by atoms with Crippen LogP contribution in [0, 0.1) is 0 Å². The van der Waals surface area contributed by atoms with Gasteiger partial charge in [0, 0.05) is 6.42 Å². The third-order valence-corrected chi connectivity index (χ3v) is 2.42. The Hall–Kier alpha value is -1.36. The van der Waals surface area contributed by atoms with Gasteiger partial charge in [0.2, 0.25) is 0 Å². The zero-order valence-corrected chi connectivity index (χ0v) is 7.62. The van der Waals surface area contributed by atoms with E-state index in [-0.39, 0.29) is 12.8 Å². The first-order valence-electron chi connectivity index (χ1n) is 3.70. The standard InChI is InChI=1S/C8H9NO3S/c10-8(11)4-3-6(9-12)7-2-1-5-13-7/h1-2,5,12H,3-4H2,(H,10,11). The van der Waals surface area contributed by atoms with Gasteiger partial charge in [0.15, 0.2) is 0 Å². The van der Waals surface area contributed by atoms with Gasteiger partial charge in [-0.3, -0.25) is 4.79 Å². The minimum Gasteiger partial charge on any atom is -0.481 e. The number of aliphatic carboxylic acids is 1. The molecule has 0 unspecified atom stereocenters. The highest BCUT2D eigenvalue weighted by Gasteiger charge is 2.07. The van der Waals surface area contributed by atoms with Crippen LogP contribution < -0.4 is 0 Å². The molecule has 1 aromatic heterocycles. The quantitative estimate of drug-likeness (QED) is 0.441. The van der Waals surface area contributed by atoms with E-state index >= 15 is 0 Å². The molecule has 0 aliphatic heterocycles. The molecule has 13 heavy (non-hydrogen) atoms. The predicted molar refractivity (Wildman–Crippen MR) is 49.5 cm³/mol. The van der Waals surface area contributed by atoms with E-state index in [4.69, 9.17) is 10.3 Å². The second-order valence-electron chi connectivity index (χ2n) is 2.42. The van der Waals surface area contributed by atoms with Crippen LogP contribution in [-0.2, 0) is 4.79 Å². The van der Waals surface area contributed by atoms with E-state index in [2.05, 4.69) is 5.16 Å². The Labute approximate surface area is 79.1 Å². The lowest BCUT2D eigenvalue weighted by Gasteiger charge is -1.97. The van der Waals surface area contributed by atoms with E-state index in [1.165, 1.54) is 11.3 Å². The summed E-state index contributed by atoms with van der Waals surface area (Å²) < 4.78 is 0. The largest absolute Gasteiger partial charge is 0.481 e. The van der Waals surface area contributed by atoms with Crippen molar-refractivity contribution in [3.8, 4) is 0 Å². The fourth-order valence-electron chi connectivity index (χ4n) is 0.891. The van der Waals surface area contributed by atoms with Gasteiger partial charge < -0.3 is 10.3 Å². The number of rotatable bonds is 4. The zero-order valence-electron chi connectivity index (χ0n) is 6.80. The third kappa shape index (κ3) is 2.87. The monoisotopic (exact) mass is 199 g/mol. The maximum atomic E-state index is 10.3. The first-order chi connectivity index (χ1) is 6.24. The molecule has 0 fully saturated rings. The summed E-state index contributed by atoms with van der Waals surface area (Å²) in [6.45, 7) is 0. The number of nitrogens with zero attached hydrogens (tertiary/aromatic N) is 1. The van der Waals surface area contributed by atoms with Gasteiger partial charge in [-0.05, 0) is 11.4 Å². The first kappa shape index (κ1) is 9.73. The number of carboxylic acids is 1. The van der Waals surface area contributed by atoms with Crippen LogP contribution in [0.1, 0.15) is 17.7 Å². The Bertz CT molecular complexity index is 305. The Morgan fingerprint density at radius 3 is 2.77 bits per heavy atom. The molecule has 1 heterocycles. The molecule has 4 nitrogen and oxygen atoms in total. The molecule has 70 valence electrons. The molecule has 1 rings (SSSR count). The lowest BCUT2D eigenvalue weighted by molar-refractivity contribution is -0.136. The highest BCUT2D eigenvalue weighted by molar-refractivity contribution is 7.12. The third-order valence-electron chi connectivity index (χ3n) is 1.50. The average Bonchev–Trinajstić information content (AvgIpc) is 2.58. The molecule has 5 heteroatoms. The van der Waals surface area contributed by atoms with Crippen molar-refractivity contribution in [3.05, 3.63) is 22.4 Å². The Kier molecular flexibility index (Phi) is 3.45. The number of oxime groups is 1. The molecule has 0 aromatic carbocycles. The Balaban J connectivity index is 2.60. The van der Waals surface area contributed by atoms with E-state index in [9.17, 15) is 4.79 Å². The van der Waals surface area contributed by atoms with Crippen LogP contribution >= 0.6 is 11.3 Å². The molecule has 0 spiro atoms. The molecule has 1 aromatic rings. The van der Waals surface area contributed by atoms with Gasteiger partial charge in [-0.2, -0.15) is 0 Å². The van der Waals surface area contributed by atoms with Crippen molar-refractivity contribution >= 4 is 23.0 Å². The maximum absolute atomic E-state index is 10.3. The van der Waals surface area contributed by atoms with E-state index in [1.54, 1.807) is 6.07 Å². The molecule has 0 saturated heterocycles. The number of carboxylic acid groups (broad SMARTS) is 1. The van der Waals surface area contributed by atoms with Gasteiger partial charge in [0.05, 0.1) is 17.0 Å². The van der Waals surface area contributed by atoms with Crippen LogP contribution in [-0.4, -0.2) is 22.0 Å². The maximum Gasteiger partial charge on any atom is 0.303 e. The molecule has 0 aliphatic carbocycles. The summed E-state index contributed by atoms with van der Waals surface area (Å²) in [5, 5.41) is 21.9. The van der Waals surface area contributed by atoms with Crippen LogP contribution in [0.3, 0.4) is 0 Å². The molecular weight excluding hydrogens is 190 g/mol. The molecule has 0 radical (unpaired) electrons. The van der Waals surface area contributed by atoms with Crippen molar-refractivity contribution in [1.82, 2.24) is 0 Å². The predicted octanol–water partition coefficient (Wildman–Crippen LogP) is 1.79. The number of thiophene rings is 1. The fourth-order valence-corrected chi connectivity index (χ4v) is 1.63. The topological polar surface area (TPSA) is 69.9 Å². The van der Waals surface area contributed by atoms with Crippen LogP contribution in [0.15, 0.2) is 22.7 Å². The summed E-state index contributed by atoms with van der Waals surface area (Å²) in [4.78, 5) is 11.1. The SMILES string of the molecule is O=C(O)CCC(=NO)c1cccs1. The second-order valence-corrected chi connectivity index (χ2v) is 3.37. The summed E-state index contributed by atoms with van der Waals surface area (Å²) in [5.41, 5.74) is 0.428. The smallest absolute Gasteiger partial charge is 0.303 e. The highest BCUT2D eigenvalue weighted by Crippen LogP contribution is 2.13. The van der Waals surface area contributed by atoms with Gasteiger partial charge in [0.25, 0.3) is 0 Å². The fraction of sp³-hybridized carbons (Fsp3) is 0.250. The van der Waals surface area contributed by atoms with E-state index < -0.39 is 5.97 Å². The van der Waals surface area contributed by atoms with Crippen molar-refractivity contribution in [2.45, 2.75) is 12.8 Å². The molecule has 2 N–H and O–H groups in total. The Morgan fingerprint density at radius 2 is 2.31 bits per heavy atom. The molecule has 0 atom stereocenters. The van der Waals surface area contributed by atoms with Crippen molar-refractivity contribution in [2.24, 2.45) is 5.16 Å². The number of carbonyl (C=O) groups is 1. The molecule has 0 amide bonds. The van der Waals surface area contributed by atoms with Gasteiger partial charge in [-0.25, -0.2) is 0 Å². The van der Waals surface area contributed by atoms with Crippen molar-refractivity contribution < 1.29 is 15.1 Å². The van der Waals surface area contributed by atoms with Crippen LogP contribution in [0.2, 0.25) is 0 Å². The lowest BCUT2D eigenvalue weighted by atomic mass is 10.2. The first-order valence-corrected chi connectivity index (χ1v) is 4.58. The van der Waals surface area contributed by atoms with Crippen molar-refractivity contribution in [3.63, 3.8) is 0 Å². The number of hydrogen-bond acceptors (Lipinski definition) is 4. The minimum absolute atomic E-state index is 0.0166. The highest BCUT2D eigenvalue weighted by atomic mass is 32.1. The summed E-state index contributed by atoms with van der Waals surface area (Å²) in [6.07, 6.45) is 0.240. The molecule has 0 saturated carbocycles. The normalized spacial score (nSPS) is 11.5. The van der Waals surface area contributed by atoms with E-state index in [0.717, 1.165) is 4.88 Å². The lowest BCUT2D eigenvalue weighted by Crippen LogP contribution is -2.03. The summed E-state index contributed by atoms with van der Waals surface area (Å²) in [6, 6.07) is 3.62. The summed E-state index contributed by atoms with van der Waals surface area (Å²) >= 11 is 1.42. The second kappa shape index (κ2) is 4.61. The minimum atomic E-state index is -0.891. The molecular formula is C8H9NO3S. The molecule has 0 bridgehead atoms. The average molecular weight is 199 g/mol. The van der Waals surface area contributed by atoms with Crippen LogP contribution in [0.25, 0.3) is 0 Å². The van der Waals surface area contributed by atoms with Gasteiger partial charge in [-0.15, -0.1) is 11.3 Å². The van der Waals surface area contributed by atoms with Crippen LogP contribution in [0.4, 0.5) is 0 Å². The van der Waals surface area contributed by atoms with E-state index in [1.807, 2.05) is 11.4 Å². The summed E-state index contributed by atoms with van der Waals surface area (Å²) in [5.74, 6) is -0.891. The van der Waals surface area contributed by atoms with Crippen molar-refractivity contribution in [2.75, 3.05) is 0 Å². The Morgan fingerprint density at radius 1 is 1.54 bits per heavy atom. The van der Waals surface area contributed by atoms with Gasteiger partial charge >= 0.3 is 5.97 Å².